The Morgan fingerprint density at radius 3 is 1.77 bits per heavy atom. The van der Waals surface area contributed by atoms with Crippen LogP contribution in [0.4, 0.5) is 0 Å². The molecule has 3 aliphatic rings. The highest BCUT2D eigenvalue weighted by molar-refractivity contribution is 4.62. The molecule has 2 bridgehead atoms. The van der Waals surface area contributed by atoms with Gasteiger partial charge < -0.3 is 0 Å². The van der Waals surface area contributed by atoms with Crippen LogP contribution in [-0.2, 0) is 30.1 Å². The minimum Gasteiger partial charge on any atom is -0.167 e. The van der Waals surface area contributed by atoms with E-state index in [0.717, 1.165) is 32.5 Å². The van der Waals surface area contributed by atoms with Crippen LogP contribution < -0.4 is 5.48 Å². The Kier molecular flexibility index (Phi) is 13.3. The van der Waals surface area contributed by atoms with Crippen molar-refractivity contribution in [3.63, 3.8) is 0 Å². The van der Waals surface area contributed by atoms with Crippen LogP contribution in [0.25, 0.3) is 0 Å². The average molecular weight is 376 g/mol. The topological polar surface area (TPSA) is 70.7 Å². The summed E-state index contributed by atoms with van der Waals surface area (Å²) in [6.07, 6.45) is 17.3. The molecule has 0 aromatic rings. The van der Waals surface area contributed by atoms with Gasteiger partial charge in [-0.2, -0.15) is 10.5 Å². The average Bonchev–Trinajstić information content (AvgIpc) is 2.65. The van der Waals surface area contributed by atoms with Gasteiger partial charge in [0.2, 0.25) is 0 Å². The smallest absolute Gasteiger partial charge is 0.0271 e. The van der Waals surface area contributed by atoms with Gasteiger partial charge in [0.1, 0.15) is 0 Å². The van der Waals surface area contributed by atoms with E-state index in [4.69, 9.17) is 9.98 Å². The summed E-state index contributed by atoms with van der Waals surface area (Å²) in [7, 11) is 0. The largest absolute Gasteiger partial charge is 0.167 e. The first kappa shape index (κ1) is 22.0. The summed E-state index contributed by atoms with van der Waals surface area (Å²) in [6, 6.07) is 0. The molecule has 0 spiro atoms. The molecule has 0 atom stereocenters. The molecule has 0 radical (unpaired) electrons. The molecule has 0 saturated carbocycles. The van der Waals surface area contributed by atoms with Crippen molar-refractivity contribution < 1.29 is 30.1 Å². The highest BCUT2D eigenvalue weighted by Crippen LogP contribution is 2.19. The number of nitrogens with one attached hydrogen (secondary N) is 1. The lowest BCUT2D eigenvalue weighted by atomic mass is 9.94. The molecular formula is C18H36N2O6. The summed E-state index contributed by atoms with van der Waals surface area (Å²) in [6.45, 7) is 2.35. The number of nitrogens with zero attached hydrogens (tertiary/aromatic N) is 1. The standard InChI is InChI=1S/C18H36N2O6/c1-3-7-11-15-20-16-12-8-4-2-6-10-14-18(13-9-5-1)17-19-21-23-25-26-24-22-20/h18-19H,1-17H2. The first-order valence-corrected chi connectivity index (χ1v) is 10.4. The van der Waals surface area contributed by atoms with Gasteiger partial charge in [-0.1, -0.05) is 64.2 Å². The quantitative estimate of drug-likeness (QED) is 0.620. The number of hydroxylamine groups is 3. The highest BCUT2D eigenvalue weighted by Gasteiger charge is 2.11. The Morgan fingerprint density at radius 1 is 0.577 bits per heavy atom. The van der Waals surface area contributed by atoms with Crippen LogP contribution in [-0.4, -0.2) is 24.7 Å². The van der Waals surface area contributed by atoms with Crippen LogP contribution in [0, 0.1) is 5.92 Å². The van der Waals surface area contributed by atoms with Gasteiger partial charge in [-0.25, -0.2) is 0 Å². The molecule has 0 aromatic carbocycles. The molecule has 3 saturated heterocycles. The van der Waals surface area contributed by atoms with Crippen molar-refractivity contribution in [2.45, 2.75) is 89.9 Å². The van der Waals surface area contributed by atoms with Crippen LogP contribution in [0.2, 0.25) is 0 Å². The van der Waals surface area contributed by atoms with Gasteiger partial charge in [0.25, 0.3) is 0 Å². The van der Waals surface area contributed by atoms with E-state index in [1.54, 1.807) is 5.06 Å². The Labute approximate surface area is 156 Å². The van der Waals surface area contributed by atoms with Gasteiger partial charge in [0.05, 0.1) is 0 Å². The minimum atomic E-state index is 0.588. The first-order valence-electron chi connectivity index (χ1n) is 10.4. The Balaban J connectivity index is 1.87. The van der Waals surface area contributed by atoms with E-state index >= 15 is 0 Å². The van der Waals surface area contributed by atoms with E-state index in [0.29, 0.717) is 5.92 Å². The maximum Gasteiger partial charge on any atom is 0.0271 e. The van der Waals surface area contributed by atoms with E-state index in [1.165, 1.54) is 77.0 Å². The summed E-state index contributed by atoms with van der Waals surface area (Å²) in [5.41, 5.74) is 2.78. The number of rotatable bonds is 0. The SMILES string of the molecule is C1CCCCN2CCCCCCCCC(CCC1)CNOOOOOO2. The highest BCUT2D eigenvalue weighted by atomic mass is 17.8. The van der Waals surface area contributed by atoms with Crippen molar-refractivity contribution in [1.29, 1.82) is 0 Å². The molecule has 0 unspecified atom stereocenters. The van der Waals surface area contributed by atoms with Crippen molar-refractivity contribution in [3.8, 4) is 0 Å². The fourth-order valence-electron chi connectivity index (χ4n) is 3.66. The third-order valence-corrected chi connectivity index (χ3v) is 5.22. The van der Waals surface area contributed by atoms with Crippen LogP contribution in [0.3, 0.4) is 0 Å². The molecule has 0 amide bonds. The zero-order chi connectivity index (χ0) is 18.1. The zero-order valence-corrected chi connectivity index (χ0v) is 16.0. The summed E-state index contributed by atoms with van der Waals surface area (Å²) in [4.78, 5) is 9.91. The van der Waals surface area contributed by atoms with Crippen LogP contribution in [0.1, 0.15) is 89.9 Å². The van der Waals surface area contributed by atoms with Crippen LogP contribution >= 0.6 is 0 Å². The minimum absolute atomic E-state index is 0.588. The van der Waals surface area contributed by atoms with Gasteiger partial charge in [0, 0.05) is 19.6 Å². The van der Waals surface area contributed by atoms with Gasteiger partial charge in [-0.05, 0) is 51.8 Å². The zero-order valence-electron chi connectivity index (χ0n) is 16.0. The number of hydrogen-bond acceptors (Lipinski definition) is 8. The summed E-state index contributed by atoms with van der Waals surface area (Å²) in [5, 5.41) is 19.4. The van der Waals surface area contributed by atoms with Gasteiger partial charge in [-0.15, -0.1) is 9.98 Å². The Morgan fingerprint density at radius 2 is 1.12 bits per heavy atom. The van der Waals surface area contributed by atoms with E-state index in [2.05, 4.69) is 25.6 Å². The molecule has 3 heterocycles. The van der Waals surface area contributed by atoms with Crippen molar-refractivity contribution in [2.24, 2.45) is 5.92 Å². The van der Waals surface area contributed by atoms with Gasteiger partial charge >= 0.3 is 0 Å². The molecule has 26 heavy (non-hydrogen) atoms. The van der Waals surface area contributed by atoms with Crippen molar-refractivity contribution >= 4 is 0 Å². The van der Waals surface area contributed by atoms with E-state index in [9.17, 15) is 0 Å². The summed E-state index contributed by atoms with van der Waals surface area (Å²) in [5.74, 6) is 0.588. The maximum atomic E-state index is 5.15. The maximum absolute atomic E-state index is 5.15. The molecular weight excluding hydrogens is 340 g/mol. The molecule has 8 heteroatoms. The van der Waals surface area contributed by atoms with E-state index < -0.39 is 0 Å². The summed E-state index contributed by atoms with van der Waals surface area (Å²) < 4.78 is 0. The van der Waals surface area contributed by atoms with E-state index in [-0.39, 0.29) is 0 Å². The fraction of sp³-hybridized carbons (Fsp3) is 1.00. The Hall–Kier alpha value is -0.320. The number of fused-ring (bicyclic) bond motifs is 21. The predicted octanol–water partition coefficient (Wildman–Crippen LogP) is 4.49. The lowest BCUT2D eigenvalue weighted by molar-refractivity contribution is -0.778. The Bertz CT molecular complexity index is 247. The number of hydrogen-bond donors (Lipinski definition) is 1. The third kappa shape index (κ3) is 11.4. The molecule has 1 N–H and O–H groups in total. The van der Waals surface area contributed by atoms with Gasteiger partial charge in [0.15, 0.2) is 0 Å². The first-order chi connectivity index (χ1) is 12.9. The van der Waals surface area contributed by atoms with E-state index in [1.807, 2.05) is 0 Å². The second-order valence-electron chi connectivity index (χ2n) is 7.39. The monoisotopic (exact) mass is 376 g/mol. The molecule has 8 nitrogen and oxygen atoms in total. The van der Waals surface area contributed by atoms with Gasteiger partial charge in [-0.3, -0.25) is 0 Å². The lowest BCUT2D eigenvalue weighted by Crippen LogP contribution is -2.27. The third-order valence-electron chi connectivity index (χ3n) is 5.22. The second-order valence-corrected chi connectivity index (χ2v) is 7.39. The molecule has 3 rings (SSSR count). The molecule has 0 aliphatic carbocycles. The summed E-state index contributed by atoms with van der Waals surface area (Å²) >= 11 is 0. The predicted molar refractivity (Wildman–Crippen MR) is 94.2 cm³/mol. The molecule has 154 valence electrons. The van der Waals surface area contributed by atoms with Crippen molar-refractivity contribution in [3.05, 3.63) is 0 Å². The van der Waals surface area contributed by atoms with Crippen molar-refractivity contribution in [1.82, 2.24) is 10.5 Å². The molecule has 0 aromatic heterocycles. The molecule has 3 fully saturated rings. The van der Waals surface area contributed by atoms with Crippen LogP contribution in [0.15, 0.2) is 0 Å². The lowest BCUT2D eigenvalue weighted by Gasteiger charge is -2.19. The fourth-order valence-corrected chi connectivity index (χ4v) is 3.66. The van der Waals surface area contributed by atoms with Crippen LogP contribution in [0.5, 0.6) is 0 Å². The molecule has 3 aliphatic heterocycles. The second kappa shape index (κ2) is 15.7. The normalized spacial score (nSPS) is 30.5. The van der Waals surface area contributed by atoms with Crippen molar-refractivity contribution in [2.75, 3.05) is 19.6 Å².